The van der Waals surface area contributed by atoms with E-state index in [1.54, 1.807) is 11.6 Å². The van der Waals surface area contributed by atoms with Crippen molar-refractivity contribution in [2.45, 2.75) is 32.7 Å². The molecule has 3 rings (SSSR count). The van der Waals surface area contributed by atoms with Crippen LogP contribution in [0.4, 0.5) is 4.79 Å². The molecule has 0 bridgehead atoms. The predicted octanol–water partition coefficient (Wildman–Crippen LogP) is -0.539. The second-order valence-electron chi connectivity index (χ2n) is 5.44. The van der Waals surface area contributed by atoms with Crippen molar-refractivity contribution in [2.75, 3.05) is 5.43 Å². The Morgan fingerprint density at radius 3 is 2.42 bits per heavy atom. The maximum Gasteiger partial charge on any atom is 0.328 e. The number of nitrogens with one attached hydrogen (secondary N) is 3. The van der Waals surface area contributed by atoms with Crippen molar-refractivity contribution in [3.8, 4) is 0 Å². The minimum atomic E-state index is -1.18. The van der Waals surface area contributed by atoms with Crippen LogP contribution < -0.4 is 21.8 Å². The summed E-state index contributed by atoms with van der Waals surface area (Å²) in [6.45, 7) is 3.79. The van der Waals surface area contributed by atoms with Gasteiger partial charge in [0.25, 0.3) is 0 Å². The lowest BCUT2D eigenvalue weighted by Crippen LogP contribution is -2.58. The monoisotopic (exact) mass is 355 g/mol. The fourth-order valence-corrected chi connectivity index (χ4v) is 2.87. The highest BCUT2D eigenvalue weighted by molar-refractivity contribution is 6.16. The van der Waals surface area contributed by atoms with E-state index in [2.05, 4.69) is 26.0 Å². The molecule has 2 aliphatic rings. The van der Waals surface area contributed by atoms with Gasteiger partial charge in [-0.05, 0) is 13.3 Å². The highest BCUT2D eigenvalue weighted by atomic mass is 35.5. The van der Waals surface area contributed by atoms with E-state index < -0.39 is 29.8 Å². The number of carbonyl (C=O) groups is 3. The molecule has 1 unspecified atom stereocenters. The number of carbonyl (C=O) groups excluding carboxylic acids is 3. The van der Waals surface area contributed by atoms with Gasteiger partial charge in [0.2, 0.25) is 17.8 Å². The largest absolute Gasteiger partial charge is 0.369 e. The number of guanidine groups is 1. The van der Waals surface area contributed by atoms with Crippen LogP contribution in [0.3, 0.4) is 0 Å². The van der Waals surface area contributed by atoms with Crippen LogP contribution in [-0.2, 0) is 16.0 Å². The quantitative estimate of drug-likeness (QED) is 0.536. The van der Waals surface area contributed by atoms with Crippen molar-refractivity contribution in [2.24, 2.45) is 16.6 Å². The Morgan fingerprint density at radius 2 is 1.83 bits per heavy atom. The molecule has 1 fully saturated rings. The minimum absolute atomic E-state index is 0. The average molecular weight is 356 g/mol. The van der Waals surface area contributed by atoms with Crippen LogP contribution in [0.5, 0.6) is 0 Å². The minimum Gasteiger partial charge on any atom is -0.369 e. The number of rotatable bonds is 3. The summed E-state index contributed by atoms with van der Waals surface area (Å²) in [5.74, 6) is -1.76. The van der Waals surface area contributed by atoms with Crippen molar-refractivity contribution in [1.29, 1.82) is 0 Å². The van der Waals surface area contributed by atoms with Gasteiger partial charge in [0, 0.05) is 6.42 Å². The predicted molar refractivity (Wildman–Crippen MR) is 87.1 cm³/mol. The highest BCUT2D eigenvalue weighted by Gasteiger charge is 2.44. The van der Waals surface area contributed by atoms with E-state index in [9.17, 15) is 14.4 Å². The average Bonchev–Trinajstić information content (AvgIpc) is 2.74. The van der Waals surface area contributed by atoms with Gasteiger partial charge in [-0.25, -0.2) is 19.4 Å². The van der Waals surface area contributed by atoms with E-state index in [1.807, 2.05) is 6.92 Å². The van der Waals surface area contributed by atoms with E-state index in [0.717, 1.165) is 12.2 Å². The van der Waals surface area contributed by atoms with Crippen LogP contribution in [0.1, 0.15) is 36.6 Å². The maximum absolute atomic E-state index is 12.1. The molecule has 5 N–H and O–H groups in total. The van der Waals surface area contributed by atoms with Crippen LogP contribution in [0, 0.1) is 12.8 Å². The number of barbiturate groups is 1. The first-order chi connectivity index (χ1) is 10.9. The third-order valence-electron chi connectivity index (χ3n) is 3.78. The summed E-state index contributed by atoms with van der Waals surface area (Å²) >= 11 is 0. The van der Waals surface area contributed by atoms with Gasteiger partial charge < -0.3 is 5.73 Å². The van der Waals surface area contributed by atoms with Gasteiger partial charge in [0.15, 0.2) is 0 Å². The molecule has 1 saturated heterocycles. The number of nitrogens with two attached hydrogens (primary N) is 1. The molecule has 1 aromatic heterocycles. The van der Waals surface area contributed by atoms with Crippen LogP contribution in [-0.4, -0.2) is 33.5 Å². The molecule has 24 heavy (non-hydrogen) atoms. The molecule has 11 heteroatoms. The molecule has 0 spiro atoms. The SMILES string of the molecule is CCCc1nc(C)c2n1NC(N)=NC2C1C(=O)NC(=O)NC1=O.Cl. The summed E-state index contributed by atoms with van der Waals surface area (Å²) in [6.07, 6.45) is 1.58. The van der Waals surface area contributed by atoms with Crippen LogP contribution in [0.2, 0.25) is 0 Å². The molecule has 4 amide bonds. The molecule has 0 saturated carbocycles. The van der Waals surface area contributed by atoms with Gasteiger partial charge in [0.05, 0.1) is 11.4 Å². The summed E-state index contributed by atoms with van der Waals surface area (Å²) in [4.78, 5) is 44.1. The lowest BCUT2D eigenvalue weighted by Gasteiger charge is -2.30. The molecule has 2 aliphatic heterocycles. The number of aromatic nitrogens is 2. The van der Waals surface area contributed by atoms with Gasteiger partial charge in [-0.2, -0.15) is 0 Å². The smallest absolute Gasteiger partial charge is 0.328 e. The first-order valence-electron chi connectivity index (χ1n) is 7.26. The van der Waals surface area contributed by atoms with E-state index >= 15 is 0 Å². The Balaban J connectivity index is 0.00000208. The number of fused-ring (bicyclic) bond motifs is 1. The van der Waals surface area contributed by atoms with Gasteiger partial charge in [0.1, 0.15) is 17.8 Å². The molecule has 10 nitrogen and oxygen atoms in total. The third kappa shape index (κ3) is 2.80. The van der Waals surface area contributed by atoms with Crippen molar-refractivity contribution >= 4 is 36.2 Å². The third-order valence-corrected chi connectivity index (χ3v) is 3.78. The lowest BCUT2D eigenvalue weighted by molar-refractivity contribution is -0.136. The van der Waals surface area contributed by atoms with Gasteiger partial charge >= 0.3 is 6.03 Å². The Kier molecular flexibility index (Phi) is 4.78. The van der Waals surface area contributed by atoms with E-state index in [0.29, 0.717) is 17.8 Å². The number of urea groups is 1. The Hall–Kier alpha value is -2.62. The summed E-state index contributed by atoms with van der Waals surface area (Å²) in [6, 6.07) is -1.68. The first-order valence-corrected chi connectivity index (χ1v) is 7.26. The van der Waals surface area contributed by atoms with E-state index in [4.69, 9.17) is 5.73 Å². The molecular weight excluding hydrogens is 338 g/mol. The zero-order chi connectivity index (χ0) is 16.7. The number of halogens is 1. The fourth-order valence-electron chi connectivity index (χ4n) is 2.87. The number of imide groups is 2. The molecule has 130 valence electrons. The van der Waals surface area contributed by atoms with Crippen molar-refractivity contribution < 1.29 is 14.4 Å². The number of hydrogen-bond acceptors (Lipinski definition) is 7. The molecule has 0 aliphatic carbocycles. The zero-order valence-corrected chi connectivity index (χ0v) is 13.9. The van der Waals surface area contributed by atoms with Crippen LogP contribution in [0.15, 0.2) is 4.99 Å². The summed E-state index contributed by atoms with van der Waals surface area (Å²) in [5, 5.41) is 4.17. The second kappa shape index (κ2) is 6.48. The zero-order valence-electron chi connectivity index (χ0n) is 13.1. The fraction of sp³-hybridized carbons (Fsp3) is 0.462. The molecular formula is C13H18ClN7O3. The summed E-state index contributed by atoms with van der Waals surface area (Å²) < 4.78 is 1.67. The van der Waals surface area contributed by atoms with Crippen LogP contribution >= 0.6 is 12.4 Å². The molecule has 3 heterocycles. The summed E-state index contributed by atoms with van der Waals surface area (Å²) in [5.41, 5.74) is 9.93. The first kappa shape index (κ1) is 17.7. The number of nitrogens with zero attached hydrogens (tertiary/aromatic N) is 3. The summed E-state index contributed by atoms with van der Waals surface area (Å²) in [7, 11) is 0. The molecule has 0 radical (unpaired) electrons. The Morgan fingerprint density at radius 1 is 1.21 bits per heavy atom. The van der Waals surface area contributed by atoms with Crippen molar-refractivity contribution in [1.82, 2.24) is 20.3 Å². The standard InChI is InChI=1S/C13H17N7O3.ClH/c1-3-4-6-15-5(2)9-8(16-12(14)19-20(6)9)7-10(21)17-13(23)18-11(7)22;/h7-8H,3-4H2,1-2H3,(H3,14,16,19)(H2,17,18,21,22,23);1H. The van der Waals surface area contributed by atoms with E-state index in [1.165, 1.54) is 0 Å². The Labute approximate surface area is 143 Å². The number of aryl methyl sites for hydroxylation is 2. The lowest BCUT2D eigenvalue weighted by atomic mass is 9.93. The van der Waals surface area contributed by atoms with Crippen LogP contribution in [0.25, 0.3) is 0 Å². The highest BCUT2D eigenvalue weighted by Crippen LogP contribution is 2.32. The molecule has 0 aromatic carbocycles. The number of hydrogen-bond donors (Lipinski definition) is 4. The topological polar surface area (TPSA) is 144 Å². The maximum atomic E-state index is 12.1. The second-order valence-corrected chi connectivity index (χ2v) is 5.44. The van der Waals surface area contributed by atoms with Gasteiger partial charge in [-0.1, -0.05) is 6.92 Å². The van der Waals surface area contributed by atoms with Crippen molar-refractivity contribution in [3.63, 3.8) is 0 Å². The number of imidazole rings is 1. The normalized spacial score (nSPS) is 20.3. The number of amides is 4. The van der Waals surface area contributed by atoms with Gasteiger partial charge in [-0.3, -0.25) is 25.6 Å². The van der Waals surface area contributed by atoms with Crippen molar-refractivity contribution in [3.05, 3.63) is 17.2 Å². The number of aliphatic imine (C=N–C) groups is 1. The van der Waals surface area contributed by atoms with E-state index in [-0.39, 0.29) is 18.4 Å². The Bertz CT molecular complexity index is 722. The molecule has 1 atom stereocenters. The molecule has 1 aromatic rings. The van der Waals surface area contributed by atoms with Gasteiger partial charge in [-0.15, -0.1) is 12.4 Å².